The molecule has 3 atom stereocenters. The molecular formula is C28H30FIN2O8. The second-order valence-corrected chi connectivity index (χ2v) is 10.2. The second kappa shape index (κ2) is 14.3. The Morgan fingerprint density at radius 2 is 1.93 bits per heavy atom. The SMILES string of the molecule is CCC(=O)C(=O)N(Cc1ccc(F)cc1)C1CC(C(=O)NCCO)=CC(Oc2c(I)cc(C=O)cc2OC)C1O. The lowest BCUT2D eigenvalue weighted by Gasteiger charge is -2.40. The average molecular weight is 668 g/mol. The summed E-state index contributed by atoms with van der Waals surface area (Å²) < 4.78 is 25.6. The summed E-state index contributed by atoms with van der Waals surface area (Å²) in [6, 6.07) is 7.28. The Hall–Kier alpha value is -3.36. The van der Waals surface area contributed by atoms with Crippen LogP contribution in [0.25, 0.3) is 0 Å². The van der Waals surface area contributed by atoms with E-state index in [1.54, 1.807) is 6.07 Å². The lowest BCUT2D eigenvalue weighted by Crippen LogP contribution is -2.56. The highest BCUT2D eigenvalue weighted by Gasteiger charge is 2.42. The number of rotatable bonds is 12. The van der Waals surface area contributed by atoms with Gasteiger partial charge in [-0.2, -0.15) is 0 Å². The van der Waals surface area contributed by atoms with Crippen LogP contribution in [0.15, 0.2) is 48.0 Å². The first-order valence-electron chi connectivity index (χ1n) is 12.5. The third kappa shape index (κ3) is 7.43. The van der Waals surface area contributed by atoms with Crippen molar-refractivity contribution in [3.05, 3.63) is 68.6 Å². The van der Waals surface area contributed by atoms with Gasteiger partial charge in [0.15, 0.2) is 11.5 Å². The molecule has 0 aromatic heterocycles. The molecule has 0 saturated carbocycles. The number of carbonyl (C=O) groups is 4. The number of amides is 2. The highest BCUT2D eigenvalue weighted by molar-refractivity contribution is 14.1. The number of nitrogens with one attached hydrogen (secondary N) is 1. The summed E-state index contributed by atoms with van der Waals surface area (Å²) in [6.07, 6.45) is -0.736. The molecule has 0 radical (unpaired) electrons. The molecule has 3 rings (SSSR count). The van der Waals surface area contributed by atoms with Crippen molar-refractivity contribution in [2.24, 2.45) is 0 Å². The fourth-order valence-corrected chi connectivity index (χ4v) is 5.03. The molecule has 0 spiro atoms. The Morgan fingerprint density at radius 1 is 1.23 bits per heavy atom. The van der Waals surface area contributed by atoms with Crippen LogP contribution in [-0.2, 0) is 20.9 Å². The van der Waals surface area contributed by atoms with Gasteiger partial charge in [0.1, 0.15) is 24.3 Å². The molecule has 2 aromatic carbocycles. The van der Waals surface area contributed by atoms with E-state index >= 15 is 0 Å². The first-order chi connectivity index (χ1) is 19.1. The molecule has 3 N–H and O–H groups in total. The van der Waals surface area contributed by atoms with Crippen molar-refractivity contribution in [3.8, 4) is 11.5 Å². The quantitative estimate of drug-likeness (QED) is 0.178. The van der Waals surface area contributed by atoms with Crippen molar-refractivity contribution < 1.29 is 43.3 Å². The zero-order chi connectivity index (χ0) is 29.4. The van der Waals surface area contributed by atoms with Crippen LogP contribution in [0, 0.1) is 9.39 Å². The summed E-state index contributed by atoms with van der Waals surface area (Å²) in [4.78, 5) is 51.2. The Kier molecular flexibility index (Phi) is 11.2. The summed E-state index contributed by atoms with van der Waals surface area (Å²) in [6.45, 7) is 1.06. The molecule has 2 amide bonds. The van der Waals surface area contributed by atoms with E-state index < -0.39 is 41.7 Å². The van der Waals surface area contributed by atoms with Gasteiger partial charge in [0.05, 0.1) is 23.3 Å². The molecule has 40 heavy (non-hydrogen) atoms. The van der Waals surface area contributed by atoms with E-state index in [0.717, 1.165) is 0 Å². The van der Waals surface area contributed by atoms with Gasteiger partial charge in [0.25, 0.3) is 5.91 Å². The molecule has 10 nitrogen and oxygen atoms in total. The number of ether oxygens (including phenoxy) is 2. The molecule has 1 aliphatic carbocycles. The minimum absolute atomic E-state index is 0.0274. The van der Waals surface area contributed by atoms with E-state index in [4.69, 9.17) is 14.6 Å². The first kappa shape index (κ1) is 31.2. The summed E-state index contributed by atoms with van der Waals surface area (Å²) in [5, 5.41) is 23.2. The zero-order valence-electron chi connectivity index (χ0n) is 21.9. The maximum absolute atomic E-state index is 13.5. The van der Waals surface area contributed by atoms with Crippen LogP contribution in [-0.4, -0.2) is 77.5 Å². The highest BCUT2D eigenvalue weighted by Crippen LogP contribution is 2.37. The molecule has 0 fully saturated rings. The molecule has 0 saturated heterocycles. The number of benzene rings is 2. The predicted octanol–water partition coefficient (Wildman–Crippen LogP) is 2.17. The van der Waals surface area contributed by atoms with Crippen molar-refractivity contribution in [3.63, 3.8) is 0 Å². The summed E-state index contributed by atoms with van der Waals surface area (Å²) in [5.41, 5.74) is 1.00. The van der Waals surface area contributed by atoms with Crippen molar-refractivity contribution in [2.45, 2.75) is 44.6 Å². The van der Waals surface area contributed by atoms with E-state index in [-0.39, 0.29) is 49.6 Å². The van der Waals surface area contributed by atoms with Gasteiger partial charge in [-0.3, -0.25) is 19.2 Å². The molecule has 3 unspecified atom stereocenters. The average Bonchev–Trinajstić information content (AvgIpc) is 2.96. The van der Waals surface area contributed by atoms with E-state index in [0.29, 0.717) is 21.0 Å². The zero-order valence-corrected chi connectivity index (χ0v) is 24.1. The highest BCUT2D eigenvalue weighted by atomic mass is 127. The third-order valence-corrected chi connectivity index (χ3v) is 7.14. The number of ketones is 1. The van der Waals surface area contributed by atoms with Crippen molar-refractivity contribution in [2.75, 3.05) is 20.3 Å². The van der Waals surface area contributed by atoms with Crippen LogP contribution in [0.5, 0.6) is 11.5 Å². The number of nitrogens with zero attached hydrogens (tertiary/aromatic N) is 1. The van der Waals surface area contributed by atoms with E-state index in [9.17, 15) is 28.7 Å². The molecular weight excluding hydrogens is 638 g/mol. The first-order valence-corrected chi connectivity index (χ1v) is 13.6. The second-order valence-electron chi connectivity index (χ2n) is 9.00. The van der Waals surface area contributed by atoms with Crippen molar-refractivity contribution in [1.29, 1.82) is 0 Å². The fraction of sp³-hybridized carbons (Fsp3) is 0.357. The number of carbonyl (C=O) groups excluding carboxylic acids is 4. The van der Waals surface area contributed by atoms with Gasteiger partial charge in [0, 0.05) is 37.1 Å². The standard InChI is InChI=1S/C28H30FIN2O8/c1-3-22(35)28(38)32(14-16-4-6-19(29)7-5-16)21-12-18(27(37)31-8-9-33)13-23(25(21)36)40-26-20(30)10-17(15-34)11-24(26)39-2/h4-7,10-11,13,15,21,23,25,33,36H,3,8-9,12,14H2,1-2H3,(H,31,37). The lowest BCUT2D eigenvalue weighted by molar-refractivity contribution is -0.149. The van der Waals surface area contributed by atoms with Crippen LogP contribution in [0.2, 0.25) is 0 Å². The van der Waals surface area contributed by atoms with Gasteiger partial charge in [-0.05, 0) is 58.5 Å². The number of methoxy groups -OCH3 is 1. The van der Waals surface area contributed by atoms with Crippen LogP contribution in [0.3, 0.4) is 0 Å². The van der Waals surface area contributed by atoms with E-state index in [1.165, 1.54) is 55.3 Å². The van der Waals surface area contributed by atoms with Gasteiger partial charge < -0.3 is 29.9 Å². The van der Waals surface area contributed by atoms with Crippen LogP contribution >= 0.6 is 22.6 Å². The number of Topliss-reactive ketones (excluding diaryl/α,β-unsaturated/α-hetero) is 1. The van der Waals surface area contributed by atoms with Gasteiger partial charge in [-0.1, -0.05) is 19.1 Å². The monoisotopic (exact) mass is 668 g/mol. The molecule has 0 bridgehead atoms. The number of aldehydes is 1. The fourth-order valence-electron chi connectivity index (χ4n) is 4.28. The topological polar surface area (TPSA) is 142 Å². The lowest BCUT2D eigenvalue weighted by atomic mass is 9.87. The van der Waals surface area contributed by atoms with Crippen molar-refractivity contribution >= 4 is 46.5 Å². The Labute approximate surface area is 244 Å². The molecule has 0 heterocycles. The maximum atomic E-state index is 13.5. The van der Waals surface area contributed by atoms with E-state index in [1.807, 2.05) is 22.6 Å². The number of hydrogen-bond donors (Lipinski definition) is 3. The molecule has 12 heteroatoms. The minimum atomic E-state index is -1.41. The summed E-state index contributed by atoms with van der Waals surface area (Å²) in [5.74, 6) is -2.18. The summed E-state index contributed by atoms with van der Waals surface area (Å²) >= 11 is 1.95. The van der Waals surface area contributed by atoms with Gasteiger partial charge >= 0.3 is 0 Å². The van der Waals surface area contributed by atoms with Gasteiger partial charge in [0.2, 0.25) is 11.7 Å². The maximum Gasteiger partial charge on any atom is 0.290 e. The van der Waals surface area contributed by atoms with Crippen LogP contribution < -0.4 is 14.8 Å². The normalized spacial score (nSPS) is 18.4. The Morgan fingerprint density at radius 3 is 2.52 bits per heavy atom. The van der Waals surface area contributed by atoms with Gasteiger partial charge in [-0.25, -0.2) is 4.39 Å². The van der Waals surface area contributed by atoms with Crippen molar-refractivity contribution in [1.82, 2.24) is 10.2 Å². The van der Waals surface area contributed by atoms with Gasteiger partial charge in [-0.15, -0.1) is 0 Å². The van der Waals surface area contributed by atoms with E-state index in [2.05, 4.69) is 5.32 Å². The minimum Gasteiger partial charge on any atom is -0.493 e. The smallest absolute Gasteiger partial charge is 0.290 e. The molecule has 0 aliphatic heterocycles. The summed E-state index contributed by atoms with van der Waals surface area (Å²) in [7, 11) is 1.38. The molecule has 2 aromatic rings. The number of halogens is 2. The number of hydrogen-bond acceptors (Lipinski definition) is 8. The van der Waals surface area contributed by atoms with Crippen LogP contribution in [0.4, 0.5) is 4.39 Å². The molecule has 1 aliphatic rings. The Balaban J connectivity index is 2.07. The molecule has 214 valence electrons. The predicted molar refractivity (Wildman–Crippen MR) is 150 cm³/mol. The largest absolute Gasteiger partial charge is 0.493 e. The number of aliphatic hydroxyl groups is 2. The third-order valence-electron chi connectivity index (χ3n) is 6.34. The number of aliphatic hydroxyl groups excluding tert-OH is 2. The Bertz CT molecular complexity index is 1280. The van der Waals surface area contributed by atoms with Crippen LogP contribution in [0.1, 0.15) is 35.7 Å².